The van der Waals surface area contributed by atoms with Gasteiger partial charge in [0.1, 0.15) is 0 Å². The normalized spacial score (nSPS) is 22.6. The molecule has 2 aromatic carbocycles. The molecule has 3 aliphatic rings. The molecular weight excluding hydrogens is 518 g/mol. The van der Waals surface area contributed by atoms with Gasteiger partial charge in [-0.2, -0.15) is 0 Å². The van der Waals surface area contributed by atoms with Crippen LogP contribution in [0.2, 0.25) is 5.02 Å². The molecule has 200 valence electrons. The lowest BCUT2D eigenvalue weighted by Crippen LogP contribution is -2.50. The number of benzene rings is 2. The molecule has 0 spiro atoms. The van der Waals surface area contributed by atoms with E-state index in [0.717, 1.165) is 54.7 Å². The number of carbonyl (C=O) groups excluding carboxylic acids is 3. The van der Waals surface area contributed by atoms with Crippen molar-refractivity contribution in [1.82, 2.24) is 15.1 Å². The van der Waals surface area contributed by atoms with Gasteiger partial charge in [-0.1, -0.05) is 48.7 Å². The van der Waals surface area contributed by atoms with Crippen LogP contribution in [0.25, 0.3) is 6.08 Å². The van der Waals surface area contributed by atoms with Crippen LogP contribution in [0.15, 0.2) is 53.4 Å². The average molecular weight is 552 g/mol. The predicted octanol–water partition coefficient (Wildman–Crippen LogP) is 5.51. The third kappa shape index (κ3) is 6.44. The van der Waals surface area contributed by atoms with Crippen LogP contribution in [0.3, 0.4) is 0 Å². The number of hydrogen-bond acceptors (Lipinski definition) is 4. The van der Waals surface area contributed by atoms with Crippen molar-refractivity contribution in [3.63, 3.8) is 0 Å². The summed E-state index contributed by atoms with van der Waals surface area (Å²) in [5.74, 6) is 0.150. The molecule has 2 aromatic rings. The van der Waals surface area contributed by atoms with E-state index in [2.05, 4.69) is 5.32 Å². The first-order chi connectivity index (χ1) is 18.5. The topological polar surface area (TPSA) is 69.7 Å². The fourth-order valence-corrected chi connectivity index (χ4v) is 7.28. The van der Waals surface area contributed by atoms with Gasteiger partial charge in [0.25, 0.3) is 11.8 Å². The van der Waals surface area contributed by atoms with E-state index in [9.17, 15) is 14.4 Å². The van der Waals surface area contributed by atoms with Crippen LogP contribution in [0.1, 0.15) is 66.4 Å². The van der Waals surface area contributed by atoms with E-state index in [4.69, 9.17) is 11.6 Å². The zero-order chi connectivity index (χ0) is 26.5. The minimum Gasteiger partial charge on any atom is -0.352 e. The highest BCUT2D eigenvalue weighted by Crippen LogP contribution is 2.42. The van der Waals surface area contributed by atoms with E-state index >= 15 is 0 Å². The molecule has 1 saturated carbocycles. The van der Waals surface area contributed by atoms with E-state index < -0.39 is 0 Å². The minimum absolute atomic E-state index is 0.0661. The molecule has 1 aliphatic carbocycles. The quantitative estimate of drug-likeness (QED) is 0.347. The fraction of sp³-hybridized carbons (Fsp3) is 0.433. The summed E-state index contributed by atoms with van der Waals surface area (Å²) in [6.45, 7) is 2.60. The van der Waals surface area contributed by atoms with Crippen molar-refractivity contribution in [3.8, 4) is 0 Å². The SMILES string of the molecule is O=C(NCCCN1CCCC1=O)c1ccc(/C=C2/SC3CCCCC3N(Cc3cccc(Cl)c3)C2=O)cc1. The van der Waals surface area contributed by atoms with Gasteiger partial charge >= 0.3 is 0 Å². The predicted molar refractivity (Wildman–Crippen MR) is 153 cm³/mol. The lowest BCUT2D eigenvalue weighted by atomic mass is 9.92. The smallest absolute Gasteiger partial charge is 0.260 e. The van der Waals surface area contributed by atoms with Gasteiger partial charge < -0.3 is 15.1 Å². The van der Waals surface area contributed by atoms with E-state index in [1.165, 1.54) is 6.42 Å². The average Bonchev–Trinajstić information content (AvgIpc) is 3.33. The highest BCUT2D eigenvalue weighted by atomic mass is 35.5. The molecule has 0 aromatic heterocycles. The summed E-state index contributed by atoms with van der Waals surface area (Å²) in [6.07, 6.45) is 8.76. The second kappa shape index (κ2) is 12.4. The van der Waals surface area contributed by atoms with Crippen LogP contribution in [-0.4, -0.2) is 58.4 Å². The molecule has 1 N–H and O–H groups in total. The van der Waals surface area contributed by atoms with E-state index in [1.807, 2.05) is 52.3 Å². The number of nitrogens with one attached hydrogen (secondary N) is 1. The molecule has 2 heterocycles. The summed E-state index contributed by atoms with van der Waals surface area (Å²) in [4.78, 5) is 42.6. The second-order valence-corrected chi connectivity index (χ2v) is 12.0. The Labute approximate surface area is 233 Å². The molecule has 38 heavy (non-hydrogen) atoms. The Hall–Kier alpha value is -2.77. The maximum Gasteiger partial charge on any atom is 0.260 e. The van der Waals surface area contributed by atoms with Crippen molar-refractivity contribution < 1.29 is 14.4 Å². The first-order valence-corrected chi connectivity index (χ1v) is 14.8. The van der Waals surface area contributed by atoms with Gasteiger partial charge in [0.2, 0.25) is 5.91 Å². The fourth-order valence-electron chi connectivity index (χ4n) is 5.59. The van der Waals surface area contributed by atoms with E-state index in [0.29, 0.717) is 41.9 Å². The standard InChI is InChI=1S/C30H34ClN3O3S/c31-24-7-3-6-22(18-24)20-34-25-8-1-2-9-26(25)38-27(30(34)37)19-21-11-13-23(14-12-21)29(36)32-15-5-17-33-16-4-10-28(33)35/h3,6-7,11-14,18-19,25-26H,1-2,4-5,8-10,15-17,20H2,(H,32,36)/b27-19+. The molecule has 2 unspecified atom stereocenters. The summed E-state index contributed by atoms with van der Waals surface area (Å²) < 4.78 is 0. The number of hydrogen-bond donors (Lipinski definition) is 1. The molecule has 2 aliphatic heterocycles. The summed E-state index contributed by atoms with van der Waals surface area (Å²) in [7, 11) is 0. The van der Waals surface area contributed by atoms with Crippen molar-refractivity contribution in [2.24, 2.45) is 0 Å². The number of amides is 3. The monoisotopic (exact) mass is 551 g/mol. The molecule has 5 rings (SSSR count). The Morgan fingerprint density at radius 1 is 1.08 bits per heavy atom. The maximum absolute atomic E-state index is 13.6. The third-order valence-electron chi connectivity index (χ3n) is 7.59. The lowest BCUT2D eigenvalue weighted by Gasteiger charge is -2.44. The maximum atomic E-state index is 13.6. The number of rotatable bonds is 8. The first kappa shape index (κ1) is 26.8. The van der Waals surface area contributed by atoms with Gasteiger partial charge in [-0.3, -0.25) is 14.4 Å². The molecule has 2 saturated heterocycles. The number of nitrogens with zero attached hydrogens (tertiary/aromatic N) is 2. The lowest BCUT2D eigenvalue weighted by molar-refractivity contribution is -0.130. The highest BCUT2D eigenvalue weighted by Gasteiger charge is 2.40. The van der Waals surface area contributed by atoms with Crippen molar-refractivity contribution in [1.29, 1.82) is 0 Å². The van der Waals surface area contributed by atoms with Crippen molar-refractivity contribution in [2.75, 3.05) is 19.6 Å². The summed E-state index contributed by atoms with van der Waals surface area (Å²) in [6, 6.07) is 15.4. The number of thioether (sulfide) groups is 1. The molecule has 3 amide bonds. The molecule has 0 radical (unpaired) electrons. The van der Waals surface area contributed by atoms with Crippen molar-refractivity contribution in [3.05, 3.63) is 75.1 Å². The molecule has 3 fully saturated rings. The number of likely N-dealkylation sites (tertiary alicyclic amines) is 1. The van der Waals surface area contributed by atoms with Crippen LogP contribution in [0.4, 0.5) is 0 Å². The van der Waals surface area contributed by atoms with Crippen molar-refractivity contribution >= 4 is 47.2 Å². The van der Waals surface area contributed by atoms with Gasteiger partial charge in [-0.15, -0.1) is 11.8 Å². The first-order valence-electron chi connectivity index (χ1n) is 13.6. The largest absolute Gasteiger partial charge is 0.352 e. The third-order valence-corrected chi connectivity index (χ3v) is 9.23. The number of fused-ring (bicyclic) bond motifs is 1. The Morgan fingerprint density at radius 2 is 1.89 bits per heavy atom. The van der Waals surface area contributed by atoms with Gasteiger partial charge in [0.05, 0.1) is 4.91 Å². The van der Waals surface area contributed by atoms with Gasteiger partial charge in [0.15, 0.2) is 0 Å². The molecular formula is C30H34ClN3O3S. The van der Waals surface area contributed by atoms with Gasteiger partial charge in [-0.05, 0) is 67.2 Å². The molecule has 6 nitrogen and oxygen atoms in total. The van der Waals surface area contributed by atoms with Crippen LogP contribution < -0.4 is 5.32 Å². The van der Waals surface area contributed by atoms with Crippen LogP contribution in [0, 0.1) is 0 Å². The van der Waals surface area contributed by atoms with E-state index in [-0.39, 0.29) is 23.8 Å². The molecule has 0 bridgehead atoms. The molecule has 8 heteroatoms. The van der Waals surface area contributed by atoms with Crippen LogP contribution in [-0.2, 0) is 16.1 Å². The zero-order valence-corrected chi connectivity index (χ0v) is 23.1. The summed E-state index contributed by atoms with van der Waals surface area (Å²) in [5.41, 5.74) is 2.53. The van der Waals surface area contributed by atoms with Crippen molar-refractivity contribution in [2.45, 2.75) is 62.8 Å². The number of halogens is 1. The Balaban J connectivity index is 1.22. The van der Waals surface area contributed by atoms with Gasteiger partial charge in [0, 0.05) is 54.5 Å². The second-order valence-electron chi connectivity index (χ2n) is 10.3. The molecule has 2 atom stereocenters. The van der Waals surface area contributed by atoms with E-state index in [1.54, 1.807) is 23.9 Å². The number of carbonyl (C=O) groups is 3. The van der Waals surface area contributed by atoms with Crippen LogP contribution in [0.5, 0.6) is 0 Å². The van der Waals surface area contributed by atoms with Crippen LogP contribution >= 0.6 is 23.4 Å². The highest BCUT2D eigenvalue weighted by molar-refractivity contribution is 8.04. The Bertz CT molecular complexity index is 1220. The summed E-state index contributed by atoms with van der Waals surface area (Å²) in [5, 5.41) is 4.02. The minimum atomic E-state index is -0.127. The Kier molecular flexibility index (Phi) is 8.75. The summed E-state index contributed by atoms with van der Waals surface area (Å²) >= 11 is 7.92. The zero-order valence-electron chi connectivity index (χ0n) is 21.5. The Morgan fingerprint density at radius 3 is 2.66 bits per heavy atom. The van der Waals surface area contributed by atoms with Gasteiger partial charge in [-0.25, -0.2) is 0 Å².